The Morgan fingerprint density at radius 3 is 2.07 bits per heavy atom. The molecule has 0 atom stereocenters. The highest BCUT2D eigenvalue weighted by Crippen LogP contribution is 2.48. The average Bonchev–Trinajstić information content (AvgIpc) is 2.70. The molecule has 1 fully saturated rings. The van der Waals surface area contributed by atoms with Crippen molar-refractivity contribution < 1.29 is 0 Å². The zero-order valence-corrected chi connectivity index (χ0v) is 11.1. The fourth-order valence-electron chi connectivity index (χ4n) is 3.06. The van der Waals surface area contributed by atoms with Gasteiger partial charge in [0.1, 0.15) is 0 Å². The first kappa shape index (κ1) is 12.8. The molecule has 0 unspecified atom stereocenters. The SMILES string of the molecule is CC.CC(C)C1=CCC2(CCCC2)CC1. The van der Waals surface area contributed by atoms with E-state index >= 15 is 0 Å². The summed E-state index contributed by atoms with van der Waals surface area (Å²) in [6, 6.07) is 0. The van der Waals surface area contributed by atoms with Gasteiger partial charge in [-0.3, -0.25) is 0 Å². The molecule has 2 aliphatic carbocycles. The van der Waals surface area contributed by atoms with Crippen LogP contribution in [-0.4, -0.2) is 0 Å². The predicted octanol–water partition coefficient (Wildman–Crippen LogP) is 5.34. The highest BCUT2D eigenvalue weighted by Gasteiger charge is 2.34. The van der Waals surface area contributed by atoms with Crippen LogP contribution in [-0.2, 0) is 0 Å². The second kappa shape index (κ2) is 5.72. The Kier molecular flexibility index (Phi) is 4.89. The second-order valence-electron chi connectivity index (χ2n) is 5.34. The monoisotopic (exact) mass is 208 g/mol. The summed E-state index contributed by atoms with van der Waals surface area (Å²) in [5.41, 5.74) is 2.48. The van der Waals surface area contributed by atoms with E-state index in [1.165, 1.54) is 44.9 Å². The third kappa shape index (κ3) is 3.09. The van der Waals surface area contributed by atoms with Gasteiger partial charge in [0, 0.05) is 0 Å². The van der Waals surface area contributed by atoms with Gasteiger partial charge < -0.3 is 0 Å². The first-order valence-corrected chi connectivity index (χ1v) is 6.91. The molecular formula is C15H28. The van der Waals surface area contributed by atoms with Gasteiger partial charge in [0.15, 0.2) is 0 Å². The summed E-state index contributed by atoms with van der Waals surface area (Å²) in [5.74, 6) is 0.791. The normalized spacial score (nSPS) is 23.7. The minimum atomic E-state index is 0.762. The summed E-state index contributed by atoms with van der Waals surface area (Å²) in [7, 11) is 0. The summed E-state index contributed by atoms with van der Waals surface area (Å²) in [6.07, 6.45) is 12.8. The minimum absolute atomic E-state index is 0.762. The summed E-state index contributed by atoms with van der Waals surface area (Å²) in [4.78, 5) is 0. The van der Waals surface area contributed by atoms with Crippen LogP contribution < -0.4 is 0 Å². The van der Waals surface area contributed by atoms with Gasteiger partial charge in [-0.1, -0.05) is 52.2 Å². The van der Waals surface area contributed by atoms with Gasteiger partial charge in [0.05, 0.1) is 0 Å². The van der Waals surface area contributed by atoms with Crippen LogP contribution in [0.5, 0.6) is 0 Å². The van der Waals surface area contributed by atoms with E-state index in [1.807, 2.05) is 13.8 Å². The lowest BCUT2D eigenvalue weighted by molar-refractivity contribution is 0.258. The summed E-state index contributed by atoms with van der Waals surface area (Å²) in [5, 5.41) is 0. The van der Waals surface area contributed by atoms with Crippen molar-refractivity contribution in [2.45, 2.75) is 72.6 Å². The Balaban J connectivity index is 0.000000531. The number of rotatable bonds is 1. The van der Waals surface area contributed by atoms with Gasteiger partial charge in [0.25, 0.3) is 0 Å². The van der Waals surface area contributed by atoms with E-state index in [0.29, 0.717) is 0 Å². The maximum Gasteiger partial charge on any atom is -0.0260 e. The van der Waals surface area contributed by atoms with Crippen LogP contribution in [0.1, 0.15) is 72.6 Å². The maximum absolute atomic E-state index is 2.56. The molecule has 0 heteroatoms. The molecule has 0 aromatic heterocycles. The van der Waals surface area contributed by atoms with Crippen LogP contribution in [0, 0.1) is 11.3 Å². The molecule has 0 N–H and O–H groups in total. The third-order valence-corrected chi connectivity index (χ3v) is 4.15. The molecule has 2 aliphatic rings. The molecule has 0 nitrogen and oxygen atoms in total. The number of hydrogen-bond donors (Lipinski definition) is 0. The molecule has 1 spiro atoms. The van der Waals surface area contributed by atoms with Crippen molar-refractivity contribution in [3.05, 3.63) is 11.6 Å². The molecule has 0 aromatic carbocycles. The quantitative estimate of drug-likeness (QED) is 0.510. The van der Waals surface area contributed by atoms with Crippen molar-refractivity contribution in [3.8, 4) is 0 Å². The van der Waals surface area contributed by atoms with Crippen LogP contribution in [0.15, 0.2) is 11.6 Å². The molecular weight excluding hydrogens is 180 g/mol. The first-order chi connectivity index (χ1) is 7.22. The topological polar surface area (TPSA) is 0 Å². The Hall–Kier alpha value is -0.260. The van der Waals surface area contributed by atoms with E-state index in [2.05, 4.69) is 19.9 Å². The van der Waals surface area contributed by atoms with Crippen LogP contribution >= 0.6 is 0 Å². The Bertz CT molecular complexity index is 204. The van der Waals surface area contributed by atoms with E-state index in [-0.39, 0.29) is 0 Å². The maximum atomic E-state index is 2.56. The van der Waals surface area contributed by atoms with Crippen LogP contribution in [0.3, 0.4) is 0 Å². The fourth-order valence-corrected chi connectivity index (χ4v) is 3.06. The van der Waals surface area contributed by atoms with Crippen molar-refractivity contribution in [1.82, 2.24) is 0 Å². The zero-order chi connectivity index (χ0) is 11.3. The molecule has 88 valence electrons. The minimum Gasteiger partial charge on any atom is -0.0845 e. The molecule has 0 saturated heterocycles. The zero-order valence-electron chi connectivity index (χ0n) is 11.1. The largest absolute Gasteiger partial charge is 0.0845 e. The molecule has 0 radical (unpaired) electrons. The predicted molar refractivity (Wildman–Crippen MR) is 69.0 cm³/mol. The van der Waals surface area contributed by atoms with Crippen LogP contribution in [0.4, 0.5) is 0 Å². The van der Waals surface area contributed by atoms with Gasteiger partial charge in [-0.15, -0.1) is 0 Å². The summed E-state index contributed by atoms with van der Waals surface area (Å²) < 4.78 is 0. The second-order valence-corrected chi connectivity index (χ2v) is 5.34. The standard InChI is InChI=1S/C13H22.C2H6/c1-11(2)12-5-9-13(10-6-12)7-3-4-8-13;1-2/h5,11H,3-4,6-10H2,1-2H3;1-2H3. The lowest BCUT2D eigenvalue weighted by atomic mass is 9.72. The van der Waals surface area contributed by atoms with E-state index in [4.69, 9.17) is 0 Å². The van der Waals surface area contributed by atoms with Crippen molar-refractivity contribution >= 4 is 0 Å². The molecule has 0 aromatic rings. The van der Waals surface area contributed by atoms with Crippen LogP contribution in [0.2, 0.25) is 0 Å². The van der Waals surface area contributed by atoms with E-state index in [1.54, 1.807) is 5.57 Å². The molecule has 0 bridgehead atoms. The molecule has 0 amide bonds. The van der Waals surface area contributed by atoms with Crippen molar-refractivity contribution in [2.24, 2.45) is 11.3 Å². The van der Waals surface area contributed by atoms with Crippen LogP contribution in [0.25, 0.3) is 0 Å². The van der Waals surface area contributed by atoms with Gasteiger partial charge in [-0.05, 0) is 43.4 Å². The van der Waals surface area contributed by atoms with Crippen molar-refractivity contribution in [2.75, 3.05) is 0 Å². The first-order valence-electron chi connectivity index (χ1n) is 6.91. The smallest absolute Gasteiger partial charge is 0.0260 e. The molecule has 0 aliphatic heterocycles. The van der Waals surface area contributed by atoms with E-state index in [9.17, 15) is 0 Å². The summed E-state index contributed by atoms with van der Waals surface area (Å²) >= 11 is 0. The molecule has 1 saturated carbocycles. The fraction of sp³-hybridized carbons (Fsp3) is 0.867. The highest BCUT2D eigenvalue weighted by molar-refractivity contribution is 5.12. The van der Waals surface area contributed by atoms with Gasteiger partial charge in [-0.2, -0.15) is 0 Å². The molecule has 2 rings (SSSR count). The van der Waals surface area contributed by atoms with E-state index < -0.39 is 0 Å². The average molecular weight is 208 g/mol. The van der Waals surface area contributed by atoms with Gasteiger partial charge in [0.2, 0.25) is 0 Å². The van der Waals surface area contributed by atoms with Gasteiger partial charge >= 0.3 is 0 Å². The Morgan fingerprint density at radius 2 is 1.67 bits per heavy atom. The third-order valence-electron chi connectivity index (χ3n) is 4.15. The summed E-state index contributed by atoms with van der Waals surface area (Å²) in [6.45, 7) is 8.66. The molecule has 0 heterocycles. The van der Waals surface area contributed by atoms with E-state index in [0.717, 1.165) is 11.3 Å². The Morgan fingerprint density at radius 1 is 1.07 bits per heavy atom. The van der Waals surface area contributed by atoms with Crippen molar-refractivity contribution in [3.63, 3.8) is 0 Å². The number of allylic oxidation sites excluding steroid dienone is 2. The number of hydrogen-bond acceptors (Lipinski definition) is 0. The van der Waals surface area contributed by atoms with Gasteiger partial charge in [-0.25, -0.2) is 0 Å². The Labute approximate surface area is 96.2 Å². The lowest BCUT2D eigenvalue weighted by Crippen LogP contribution is -2.20. The lowest BCUT2D eigenvalue weighted by Gasteiger charge is -2.33. The van der Waals surface area contributed by atoms with Crippen molar-refractivity contribution in [1.29, 1.82) is 0 Å². The highest BCUT2D eigenvalue weighted by atomic mass is 14.4. The molecule has 15 heavy (non-hydrogen) atoms.